The van der Waals surface area contributed by atoms with Crippen LogP contribution in [-0.2, 0) is 14.4 Å². The number of oxime groups is 1. The van der Waals surface area contributed by atoms with E-state index in [-0.39, 0.29) is 18.4 Å². The standard InChI is InChI=1S/C18H25N3O3/c1-14-7-8-16(15(2)11-14)20-17(22)12-19-24-13-18(23)21-9-5-3-4-6-10-21/h7-8,11-12H,3-6,9-10,13H2,1-2H3,(H,20,22)/b19-12-. The van der Waals surface area contributed by atoms with Crippen LogP contribution < -0.4 is 5.32 Å². The molecule has 0 bridgehead atoms. The van der Waals surface area contributed by atoms with Gasteiger partial charge in [0.05, 0.1) is 0 Å². The van der Waals surface area contributed by atoms with Gasteiger partial charge in [0.1, 0.15) is 6.21 Å². The van der Waals surface area contributed by atoms with Gasteiger partial charge in [-0.2, -0.15) is 0 Å². The number of hydrogen-bond donors (Lipinski definition) is 1. The molecule has 0 saturated carbocycles. The van der Waals surface area contributed by atoms with Gasteiger partial charge in [0.2, 0.25) is 0 Å². The predicted octanol–water partition coefficient (Wildman–Crippen LogP) is 2.65. The Kier molecular flexibility index (Phi) is 6.78. The summed E-state index contributed by atoms with van der Waals surface area (Å²) in [7, 11) is 0. The number of nitrogens with one attached hydrogen (secondary N) is 1. The number of rotatable bonds is 5. The number of aryl methyl sites for hydroxylation is 2. The Hall–Kier alpha value is -2.37. The fourth-order valence-corrected chi connectivity index (χ4v) is 2.71. The van der Waals surface area contributed by atoms with Gasteiger partial charge < -0.3 is 15.1 Å². The van der Waals surface area contributed by atoms with E-state index in [1.54, 1.807) is 4.90 Å². The lowest BCUT2D eigenvalue weighted by Gasteiger charge is -2.19. The molecule has 2 amide bonds. The molecule has 0 spiro atoms. The molecule has 1 N–H and O–H groups in total. The summed E-state index contributed by atoms with van der Waals surface area (Å²) in [5.41, 5.74) is 2.85. The van der Waals surface area contributed by atoms with Gasteiger partial charge in [-0.1, -0.05) is 35.7 Å². The third-order valence-electron chi connectivity index (χ3n) is 4.03. The zero-order valence-corrected chi connectivity index (χ0v) is 14.4. The summed E-state index contributed by atoms with van der Waals surface area (Å²) in [6, 6.07) is 5.76. The van der Waals surface area contributed by atoms with Gasteiger partial charge in [0.15, 0.2) is 6.61 Å². The lowest BCUT2D eigenvalue weighted by molar-refractivity contribution is -0.136. The topological polar surface area (TPSA) is 71.0 Å². The minimum atomic E-state index is -0.385. The number of carbonyl (C=O) groups is 2. The minimum absolute atomic E-state index is 0.0798. The van der Waals surface area contributed by atoms with E-state index in [1.807, 2.05) is 32.0 Å². The van der Waals surface area contributed by atoms with Crippen LogP contribution in [0.4, 0.5) is 5.69 Å². The third kappa shape index (κ3) is 5.68. The zero-order chi connectivity index (χ0) is 17.4. The molecule has 0 atom stereocenters. The molecule has 1 aliphatic heterocycles. The summed E-state index contributed by atoms with van der Waals surface area (Å²) in [4.78, 5) is 30.6. The van der Waals surface area contributed by atoms with Crippen molar-refractivity contribution in [3.8, 4) is 0 Å². The first-order valence-electron chi connectivity index (χ1n) is 8.37. The molecule has 2 rings (SSSR count). The number of benzene rings is 1. The largest absolute Gasteiger partial charge is 0.386 e. The van der Waals surface area contributed by atoms with E-state index in [9.17, 15) is 9.59 Å². The van der Waals surface area contributed by atoms with Crippen molar-refractivity contribution < 1.29 is 14.4 Å². The lowest BCUT2D eigenvalue weighted by atomic mass is 10.1. The molecule has 1 heterocycles. The minimum Gasteiger partial charge on any atom is -0.386 e. The highest BCUT2D eigenvalue weighted by molar-refractivity contribution is 6.31. The van der Waals surface area contributed by atoms with E-state index in [0.717, 1.165) is 49.0 Å². The normalized spacial score (nSPS) is 15.2. The molecule has 1 aliphatic rings. The Morgan fingerprint density at radius 3 is 2.58 bits per heavy atom. The number of amides is 2. The molecule has 1 aromatic carbocycles. The van der Waals surface area contributed by atoms with Gasteiger partial charge >= 0.3 is 0 Å². The first-order chi connectivity index (χ1) is 11.6. The van der Waals surface area contributed by atoms with E-state index in [4.69, 9.17) is 4.84 Å². The van der Waals surface area contributed by atoms with Crippen LogP contribution in [0.15, 0.2) is 23.4 Å². The monoisotopic (exact) mass is 331 g/mol. The molecule has 130 valence electrons. The Bertz CT molecular complexity index is 606. The van der Waals surface area contributed by atoms with Crippen LogP contribution in [0.1, 0.15) is 36.8 Å². The second-order valence-corrected chi connectivity index (χ2v) is 6.11. The van der Waals surface area contributed by atoms with Crippen molar-refractivity contribution in [3.63, 3.8) is 0 Å². The molecule has 6 heteroatoms. The summed E-state index contributed by atoms with van der Waals surface area (Å²) >= 11 is 0. The van der Waals surface area contributed by atoms with Gasteiger partial charge in [-0.15, -0.1) is 0 Å². The number of likely N-dealkylation sites (tertiary alicyclic amines) is 1. The molecular weight excluding hydrogens is 306 g/mol. The Labute approximate surface area is 142 Å². The second kappa shape index (κ2) is 9.05. The fraction of sp³-hybridized carbons (Fsp3) is 0.500. The van der Waals surface area contributed by atoms with Crippen LogP contribution >= 0.6 is 0 Å². The van der Waals surface area contributed by atoms with Gasteiger partial charge in [0, 0.05) is 18.8 Å². The summed E-state index contributed by atoms with van der Waals surface area (Å²) < 4.78 is 0. The van der Waals surface area contributed by atoms with Crippen LogP contribution in [-0.4, -0.2) is 42.6 Å². The van der Waals surface area contributed by atoms with Crippen molar-refractivity contribution in [3.05, 3.63) is 29.3 Å². The molecule has 0 aromatic heterocycles. The van der Waals surface area contributed by atoms with Crippen LogP contribution in [0, 0.1) is 13.8 Å². The van der Waals surface area contributed by atoms with Crippen LogP contribution in [0.2, 0.25) is 0 Å². The number of carbonyl (C=O) groups excluding carboxylic acids is 2. The first-order valence-corrected chi connectivity index (χ1v) is 8.37. The molecule has 1 fully saturated rings. The summed E-state index contributed by atoms with van der Waals surface area (Å²) in [6.07, 6.45) is 5.46. The van der Waals surface area contributed by atoms with Crippen LogP contribution in [0.25, 0.3) is 0 Å². The average Bonchev–Trinajstić information content (AvgIpc) is 2.83. The first kappa shape index (κ1) is 18.0. The fourth-order valence-electron chi connectivity index (χ4n) is 2.71. The molecule has 0 aliphatic carbocycles. The molecule has 24 heavy (non-hydrogen) atoms. The molecule has 0 radical (unpaired) electrons. The highest BCUT2D eigenvalue weighted by Gasteiger charge is 2.15. The molecule has 0 unspecified atom stereocenters. The predicted molar refractivity (Wildman–Crippen MR) is 94.0 cm³/mol. The van der Waals surface area contributed by atoms with Gasteiger partial charge in [0.25, 0.3) is 11.8 Å². The summed E-state index contributed by atoms with van der Waals surface area (Å²) in [6.45, 7) is 5.34. The highest BCUT2D eigenvalue weighted by Crippen LogP contribution is 2.15. The van der Waals surface area contributed by atoms with Crippen molar-refractivity contribution >= 4 is 23.7 Å². The van der Waals surface area contributed by atoms with Crippen LogP contribution in [0.3, 0.4) is 0 Å². The molecule has 1 aromatic rings. The van der Waals surface area contributed by atoms with Crippen LogP contribution in [0.5, 0.6) is 0 Å². The van der Waals surface area contributed by atoms with E-state index in [1.165, 1.54) is 12.8 Å². The van der Waals surface area contributed by atoms with Crippen molar-refractivity contribution in [1.82, 2.24) is 4.90 Å². The van der Waals surface area contributed by atoms with E-state index in [2.05, 4.69) is 10.5 Å². The quantitative estimate of drug-likeness (QED) is 0.666. The smallest absolute Gasteiger partial charge is 0.270 e. The SMILES string of the molecule is Cc1ccc(NC(=O)/C=N\OCC(=O)N2CCCCCC2)c(C)c1. The van der Waals surface area contributed by atoms with Gasteiger partial charge in [-0.3, -0.25) is 9.59 Å². The van der Waals surface area contributed by atoms with Crippen molar-refractivity contribution in [2.75, 3.05) is 25.0 Å². The maximum absolute atomic E-state index is 12.0. The van der Waals surface area contributed by atoms with E-state index in [0.29, 0.717) is 0 Å². The molecule has 6 nitrogen and oxygen atoms in total. The van der Waals surface area contributed by atoms with E-state index >= 15 is 0 Å². The number of hydrogen-bond acceptors (Lipinski definition) is 4. The van der Waals surface area contributed by atoms with Crippen molar-refractivity contribution in [1.29, 1.82) is 0 Å². The highest BCUT2D eigenvalue weighted by atomic mass is 16.6. The Balaban J connectivity index is 1.74. The Morgan fingerprint density at radius 1 is 1.21 bits per heavy atom. The average molecular weight is 331 g/mol. The van der Waals surface area contributed by atoms with Gasteiger partial charge in [-0.25, -0.2) is 0 Å². The number of anilines is 1. The van der Waals surface area contributed by atoms with Crippen molar-refractivity contribution in [2.45, 2.75) is 39.5 Å². The van der Waals surface area contributed by atoms with Gasteiger partial charge in [-0.05, 0) is 38.3 Å². The summed E-state index contributed by atoms with van der Waals surface area (Å²) in [5, 5.41) is 6.32. The molecular formula is C18H25N3O3. The molecule has 1 saturated heterocycles. The third-order valence-corrected chi connectivity index (χ3v) is 4.03. The maximum atomic E-state index is 12.0. The number of nitrogens with zero attached hydrogens (tertiary/aromatic N) is 2. The lowest BCUT2D eigenvalue weighted by Crippen LogP contribution is -2.34. The van der Waals surface area contributed by atoms with Crippen molar-refractivity contribution in [2.24, 2.45) is 5.16 Å². The Morgan fingerprint density at radius 2 is 1.92 bits per heavy atom. The zero-order valence-electron chi connectivity index (χ0n) is 14.4. The maximum Gasteiger partial charge on any atom is 0.270 e. The van der Waals surface area contributed by atoms with E-state index < -0.39 is 0 Å². The second-order valence-electron chi connectivity index (χ2n) is 6.11. The summed E-state index contributed by atoms with van der Waals surface area (Å²) in [5.74, 6) is -0.465.